The van der Waals surface area contributed by atoms with Gasteiger partial charge in [-0.1, -0.05) is 11.2 Å². The van der Waals surface area contributed by atoms with Crippen LogP contribution in [0.5, 0.6) is 5.75 Å². The van der Waals surface area contributed by atoms with E-state index in [-0.39, 0.29) is 43.7 Å². The number of likely N-dealkylation sites (tertiary alicyclic amines) is 2. The van der Waals surface area contributed by atoms with Crippen molar-refractivity contribution in [3.63, 3.8) is 0 Å². The highest BCUT2D eigenvalue weighted by atomic mass is 16.6. The maximum absolute atomic E-state index is 13.2. The predicted molar refractivity (Wildman–Crippen MR) is 132 cm³/mol. The predicted octanol–water partition coefficient (Wildman–Crippen LogP) is 0.644. The summed E-state index contributed by atoms with van der Waals surface area (Å²) in [6.45, 7) is 4.92. The van der Waals surface area contributed by atoms with Crippen LogP contribution >= 0.6 is 0 Å². The number of nitrogens with zero attached hydrogens (tertiary/aromatic N) is 5. The van der Waals surface area contributed by atoms with Crippen molar-refractivity contribution in [2.75, 3.05) is 19.6 Å². The Hall–Kier alpha value is -4.52. The number of ether oxygens (including phenoxy) is 1. The number of phenolic OH excluding ortho intramolecular Hbond substituents is 1. The highest BCUT2D eigenvalue weighted by Crippen LogP contribution is 2.26. The van der Waals surface area contributed by atoms with E-state index in [0.29, 0.717) is 0 Å². The Bertz CT molecular complexity index is 1190. The Morgan fingerprint density at radius 2 is 1.97 bits per heavy atom. The zero-order chi connectivity index (χ0) is 28.2. The average Bonchev–Trinajstić information content (AvgIpc) is 3.37. The number of hydrogen-bond acceptors (Lipinski definition) is 8. The van der Waals surface area contributed by atoms with E-state index in [1.54, 1.807) is 20.8 Å². The molecule has 0 unspecified atom stereocenters. The van der Waals surface area contributed by atoms with Crippen molar-refractivity contribution in [1.29, 1.82) is 0 Å². The fourth-order valence-corrected chi connectivity index (χ4v) is 4.29. The maximum atomic E-state index is 13.2. The molecule has 2 fully saturated rings. The van der Waals surface area contributed by atoms with Gasteiger partial charge in [0.25, 0.3) is 5.91 Å². The minimum Gasteiger partial charge on any atom is -0.507 e. The van der Waals surface area contributed by atoms with Gasteiger partial charge < -0.3 is 31.1 Å². The molecule has 0 aliphatic carbocycles. The number of nitrogens with one attached hydrogen (secondary N) is 2. The number of nitrogens with two attached hydrogens (primary N) is 1. The van der Waals surface area contributed by atoms with E-state index in [1.807, 2.05) is 0 Å². The lowest BCUT2D eigenvalue weighted by Gasteiger charge is -2.28. The molecule has 1 aromatic carbocycles. The third-order valence-corrected chi connectivity index (χ3v) is 5.91. The summed E-state index contributed by atoms with van der Waals surface area (Å²) in [5, 5.41) is 18.9. The van der Waals surface area contributed by atoms with Gasteiger partial charge in [-0.3, -0.25) is 24.1 Å². The van der Waals surface area contributed by atoms with Gasteiger partial charge in [-0.25, -0.2) is 4.79 Å². The Balaban J connectivity index is 1.74. The van der Waals surface area contributed by atoms with E-state index in [0.717, 1.165) is 6.07 Å². The molecule has 3 rings (SSSR count). The number of hydrogen-bond donors (Lipinski definition) is 4. The van der Waals surface area contributed by atoms with Crippen LogP contribution < -0.4 is 16.4 Å². The molecule has 0 spiro atoms. The van der Waals surface area contributed by atoms with E-state index < -0.39 is 59.2 Å². The molecule has 204 valence electrons. The number of phenols is 1. The molecule has 5 N–H and O–H groups in total. The standard InChI is InChI=1S/C23H30N8O7/c1-23(2,3)38-22(37)31-10-13(26-19(34)14-5-4-12(28-29-25)9-17(14)32)8-16(31)20(35)27-15-6-7-30(21(15)36)11-18(24)33/h4-5,9,13,15-16,32H,6-8,10-11H2,1-3H3,(H2,24,33)(H,26,34)(H,27,35)/t13-,15-,16+/m1/s1. The van der Waals surface area contributed by atoms with Crippen molar-refractivity contribution in [1.82, 2.24) is 20.4 Å². The molecule has 2 saturated heterocycles. The van der Waals surface area contributed by atoms with Crippen molar-refractivity contribution in [3.8, 4) is 5.75 Å². The third-order valence-electron chi connectivity index (χ3n) is 5.91. The van der Waals surface area contributed by atoms with Crippen LogP contribution in [-0.4, -0.2) is 88.0 Å². The van der Waals surface area contributed by atoms with Gasteiger partial charge in [0.2, 0.25) is 17.7 Å². The topological polar surface area (TPSA) is 220 Å². The number of carbonyl (C=O) groups excluding carboxylic acids is 5. The van der Waals surface area contributed by atoms with Crippen molar-refractivity contribution in [2.24, 2.45) is 10.8 Å². The smallest absolute Gasteiger partial charge is 0.411 e. The molecule has 3 atom stereocenters. The summed E-state index contributed by atoms with van der Waals surface area (Å²) in [5.41, 5.74) is 12.9. The van der Waals surface area contributed by atoms with Crippen LogP contribution in [0.2, 0.25) is 0 Å². The lowest BCUT2D eigenvalue weighted by molar-refractivity contribution is -0.135. The van der Waals surface area contributed by atoms with Gasteiger partial charge in [-0.2, -0.15) is 0 Å². The van der Waals surface area contributed by atoms with Gasteiger partial charge in [0.15, 0.2) is 0 Å². The van der Waals surface area contributed by atoms with Crippen molar-refractivity contribution >= 4 is 35.4 Å². The number of carbonyl (C=O) groups is 5. The number of rotatable bonds is 7. The summed E-state index contributed by atoms with van der Waals surface area (Å²) in [7, 11) is 0. The minimum absolute atomic E-state index is 0.0142. The van der Waals surface area contributed by atoms with Crippen molar-refractivity contribution in [3.05, 3.63) is 34.2 Å². The second kappa shape index (κ2) is 11.3. The van der Waals surface area contributed by atoms with Gasteiger partial charge in [-0.15, -0.1) is 0 Å². The van der Waals surface area contributed by atoms with Gasteiger partial charge in [0.1, 0.15) is 23.4 Å². The Morgan fingerprint density at radius 1 is 1.26 bits per heavy atom. The lowest BCUT2D eigenvalue weighted by atomic mass is 10.1. The van der Waals surface area contributed by atoms with Crippen LogP contribution in [-0.2, 0) is 19.1 Å². The molecule has 15 heteroatoms. The quantitative estimate of drug-likeness (QED) is 0.224. The van der Waals surface area contributed by atoms with Crippen LogP contribution in [0.4, 0.5) is 10.5 Å². The Kier molecular flexibility index (Phi) is 8.31. The largest absolute Gasteiger partial charge is 0.507 e. The molecule has 0 saturated carbocycles. The fraction of sp³-hybridized carbons (Fsp3) is 0.522. The molecule has 0 radical (unpaired) electrons. The summed E-state index contributed by atoms with van der Waals surface area (Å²) >= 11 is 0. The SMILES string of the molecule is CC(C)(C)OC(=O)N1C[C@H](NC(=O)c2ccc(N=[N+]=[N-])cc2O)C[C@H]1C(=O)N[C@@H]1CCN(CC(N)=O)C1=O. The summed E-state index contributed by atoms with van der Waals surface area (Å²) < 4.78 is 5.44. The Morgan fingerprint density at radius 3 is 2.58 bits per heavy atom. The van der Waals surface area contributed by atoms with Crippen LogP contribution in [0.15, 0.2) is 23.3 Å². The first-order valence-corrected chi connectivity index (χ1v) is 11.8. The summed E-state index contributed by atoms with van der Waals surface area (Å²) in [6, 6.07) is 1.13. The molecular formula is C23H30N8O7. The third kappa shape index (κ3) is 6.82. The van der Waals surface area contributed by atoms with E-state index in [1.165, 1.54) is 21.9 Å². The number of amides is 5. The molecule has 5 amide bonds. The first-order chi connectivity index (χ1) is 17.8. The Labute approximate surface area is 217 Å². The van der Waals surface area contributed by atoms with Crippen LogP contribution in [0, 0.1) is 0 Å². The summed E-state index contributed by atoms with van der Waals surface area (Å²) in [6.07, 6.45) is -0.494. The van der Waals surface area contributed by atoms with Gasteiger partial charge in [0, 0.05) is 29.7 Å². The molecule has 2 aliphatic rings. The van der Waals surface area contributed by atoms with Crippen LogP contribution in [0.1, 0.15) is 44.0 Å². The maximum Gasteiger partial charge on any atom is 0.411 e. The molecule has 15 nitrogen and oxygen atoms in total. The molecule has 2 aliphatic heterocycles. The first-order valence-electron chi connectivity index (χ1n) is 11.8. The summed E-state index contributed by atoms with van der Waals surface area (Å²) in [5.74, 6) is -2.83. The number of benzene rings is 1. The zero-order valence-corrected chi connectivity index (χ0v) is 21.2. The van der Waals surface area contributed by atoms with E-state index in [2.05, 4.69) is 20.7 Å². The average molecular weight is 531 g/mol. The lowest BCUT2D eigenvalue weighted by Crippen LogP contribution is -2.51. The molecule has 0 bridgehead atoms. The second-order valence-electron chi connectivity index (χ2n) is 10.0. The highest BCUT2D eigenvalue weighted by Gasteiger charge is 2.44. The fourth-order valence-electron chi connectivity index (χ4n) is 4.29. The van der Waals surface area contributed by atoms with Gasteiger partial charge in [-0.05, 0) is 51.3 Å². The molecule has 2 heterocycles. The van der Waals surface area contributed by atoms with Crippen molar-refractivity contribution < 1.29 is 33.8 Å². The van der Waals surface area contributed by atoms with Gasteiger partial charge in [0.05, 0.1) is 12.1 Å². The van der Waals surface area contributed by atoms with E-state index in [4.69, 9.17) is 16.0 Å². The van der Waals surface area contributed by atoms with Crippen LogP contribution in [0.25, 0.3) is 10.4 Å². The van der Waals surface area contributed by atoms with E-state index >= 15 is 0 Å². The number of aromatic hydroxyl groups is 1. The normalized spacial score (nSPS) is 21.0. The molecule has 0 aromatic heterocycles. The monoisotopic (exact) mass is 530 g/mol. The van der Waals surface area contributed by atoms with Crippen LogP contribution in [0.3, 0.4) is 0 Å². The molecule has 38 heavy (non-hydrogen) atoms. The first kappa shape index (κ1) is 28.1. The molecule has 1 aromatic rings. The van der Waals surface area contributed by atoms with E-state index in [9.17, 15) is 29.1 Å². The molecular weight excluding hydrogens is 500 g/mol. The van der Waals surface area contributed by atoms with Crippen molar-refractivity contribution in [2.45, 2.75) is 57.3 Å². The zero-order valence-electron chi connectivity index (χ0n) is 21.2. The number of primary amides is 1. The second-order valence-corrected chi connectivity index (χ2v) is 10.0. The van der Waals surface area contributed by atoms with Gasteiger partial charge >= 0.3 is 6.09 Å². The highest BCUT2D eigenvalue weighted by molar-refractivity contribution is 5.98. The summed E-state index contributed by atoms with van der Waals surface area (Å²) in [4.78, 5) is 67.7. The minimum atomic E-state index is -1.06. The number of azide groups is 1.